The number of anilines is 2. The van der Waals surface area contributed by atoms with Crippen molar-refractivity contribution in [3.05, 3.63) is 48.5 Å². The fraction of sp³-hybridized carbons (Fsp3) is 0.391. The molecule has 30 heavy (non-hydrogen) atoms. The first-order chi connectivity index (χ1) is 14.6. The molecule has 0 radical (unpaired) electrons. The largest absolute Gasteiger partial charge is 0.486 e. The number of hydrogen-bond donors (Lipinski definition) is 1. The molecular weight excluding hydrogens is 382 g/mol. The van der Waals surface area contributed by atoms with Gasteiger partial charge in [-0.2, -0.15) is 0 Å². The normalized spacial score (nSPS) is 17.7. The molecule has 1 N–H and O–H groups in total. The average Bonchev–Trinajstić information content (AvgIpc) is 3.18. The molecule has 0 spiro atoms. The number of amides is 2. The first-order valence-corrected chi connectivity index (χ1v) is 10.4. The Morgan fingerprint density at radius 3 is 2.70 bits per heavy atom. The van der Waals surface area contributed by atoms with Gasteiger partial charge in [0.05, 0.1) is 5.92 Å². The number of carbonyl (C=O) groups is 2. The van der Waals surface area contributed by atoms with E-state index in [2.05, 4.69) is 22.3 Å². The smallest absolute Gasteiger partial charge is 0.227 e. The minimum Gasteiger partial charge on any atom is -0.486 e. The molecule has 1 atom stereocenters. The van der Waals surface area contributed by atoms with E-state index in [-0.39, 0.29) is 24.2 Å². The van der Waals surface area contributed by atoms with Crippen LogP contribution in [0.15, 0.2) is 48.5 Å². The third-order valence-electron chi connectivity index (χ3n) is 5.50. The number of nitrogens with zero attached hydrogens (tertiary/aromatic N) is 2. The number of ether oxygens (including phenoxy) is 2. The van der Waals surface area contributed by atoms with Crippen LogP contribution in [-0.2, 0) is 9.59 Å². The lowest BCUT2D eigenvalue weighted by molar-refractivity contribution is -0.126. The predicted molar refractivity (Wildman–Crippen MR) is 115 cm³/mol. The molecule has 0 aromatic heterocycles. The topological polar surface area (TPSA) is 71.1 Å². The summed E-state index contributed by atoms with van der Waals surface area (Å²) >= 11 is 0. The Morgan fingerprint density at radius 1 is 1.13 bits per heavy atom. The van der Waals surface area contributed by atoms with E-state index in [1.807, 2.05) is 43.4 Å². The van der Waals surface area contributed by atoms with Gasteiger partial charge >= 0.3 is 0 Å². The Morgan fingerprint density at radius 2 is 1.90 bits per heavy atom. The molecule has 2 aliphatic rings. The summed E-state index contributed by atoms with van der Waals surface area (Å²) in [5.74, 6) is 0.882. The van der Waals surface area contributed by atoms with Crippen LogP contribution in [0.1, 0.15) is 12.8 Å². The maximum Gasteiger partial charge on any atom is 0.227 e. The number of nitrogens with one attached hydrogen (secondary N) is 1. The summed E-state index contributed by atoms with van der Waals surface area (Å²) in [6.07, 6.45) is 1.06. The summed E-state index contributed by atoms with van der Waals surface area (Å²) in [6, 6.07) is 15.6. The van der Waals surface area contributed by atoms with Crippen LogP contribution < -0.4 is 24.6 Å². The minimum absolute atomic E-state index is 0.0457. The van der Waals surface area contributed by atoms with E-state index in [1.54, 1.807) is 4.90 Å². The van der Waals surface area contributed by atoms with E-state index >= 15 is 0 Å². The molecule has 158 valence electrons. The highest BCUT2D eigenvalue weighted by Crippen LogP contribution is 2.35. The monoisotopic (exact) mass is 409 g/mol. The van der Waals surface area contributed by atoms with E-state index in [1.165, 1.54) is 0 Å². The number of benzene rings is 2. The Bertz CT molecular complexity index is 903. The fourth-order valence-corrected chi connectivity index (χ4v) is 3.82. The summed E-state index contributed by atoms with van der Waals surface area (Å²) in [5, 5.41) is 2.98. The van der Waals surface area contributed by atoms with Gasteiger partial charge in [0.1, 0.15) is 13.2 Å². The molecule has 0 aliphatic carbocycles. The van der Waals surface area contributed by atoms with Gasteiger partial charge in [-0.3, -0.25) is 9.59 Å². The van der Waals surface area contributed by atoms with Gasteiger partial charge in [0.25, 0.3) is 0 Å². The minimum atomic E-state index is -0.336. The number of carbonyl (C=O) groups excluding carboxylic acids is 2. The second-order valence-electron chi connectivity index (χ2n) is 7.64. The zero-order valence-electron chi connectivity index (χ0n) is 17.2. The molecule has 2 aromatic rings. The van der Waals surface area contributed by atoms with Crippen LogP contribution in [0, 0.1) is 5.92 Å². The zero-order chi connectivity index (χ0) is 20.9. The van der Waals surface area contributed by atoms with Crippen LogP contribution in [-0.4, -0.2) is 51.7 Å². The lowest BCUT2D eigenvalue weighted by Gasteiger charge is -2.22. The fourth-order valence-electron chi connectivity index (χ4n) is 3.82. The lowest BCUT2D eigenvalue weighted by atomic mass is 10.1. The van der Waals surface area contributed by atoms with Crippen LogP contribution in [0.3, 0.4) is 0 Å². The SMILES string of the molecule is CN(CCCNC(=O)[C@H]1CC(=O)N(c2ccc3c(c2)OCCO3)C1)c1ccccc1. The molecule has 2 amide bonds. The second kappa shape index (κ2) is 9.07. The highest BCUT2D eigenvalue weighted by Gasteiger charge is 2.35. The van der Waals surface area contributed by atoms with Crippen molar-refractivity contribution in [2.45, 2.75) is 12.8 Å². The van der Waals surface area contributed by atoms with Crippen molar-refractivity contribution < 1.29 is 19.1 Å². The number of hydrogen-bond acceptors (Lipinski definition) is 5. The van der Waals surface area contributed by atoms with Gasteiger partial charge in [0.2, 0.25) is 11.8 Å². The van der Waals surface area contributed by atoms with Crippen LogP contribution in [0.2, 0.25) is 0 Å². The molecule has 1 fully saturated rings. The van der Waals surface area contributed by atoms with Crippen LogP contribution in [0.4, 0.5) is 11.4 Å². The Kier molecular flexibility index (Phi) is 6.07. The molecule has 7 heteroatoms. The van der Waals surface area contributed by atoms with Gasteiger partial charge in [-0.1, -0.05) is 18.2 Å². The molecule has 1 saturated heterocycles. The third-order valence-corrected chi connectivity index (χ3v) is 5.50. The molecule has 2 heterocycles. The predicted octanol–water partition coefficient (Wildman–Crippen LogP) is 2.45. The van der Waals surface area contributed by atoms with Gasteiger partial charge in [-0.25, -0.2) is 0 Å². The first-order valence-electron chi connectivity index (χ1n) is 10.4. The molecular formula is C23H27N3O4. The van der Waals surface area contributed by atoms with Gasteiger partial charge in [0, 0.05) is 50.5 Å². The number of rotatable bonds is 7. The highest BCUT2D eigenvalue weighted by molar-refractivity contribution is 6.00. The van der Waals surface area contributed by atoms with Crippen LogP contribution >= 0.6 is 0 Å². The van der Waals surface area contributed by atoms with Crippen molar-refractivity contribution in [3.63, 3.8) is 0 Å². The standard InChI is InChI=1S/C23H27N3O4/c1-25(18-6-3-2-4-7-18)11-5-10-24-23(28)17-14-22(27)26(16-17)19-8-9-20-21(15-19)30-13-12-29-20/h2-4,6-9,15,17H,5,10-14,16H2,1H3,(H,24,28)/t17-/m0/s1. The number of para-hydroxylation sites is 1. The molecule has 7 nitrogen and oxygen atoms in total. The summed E-state index contributed by atoms with van der Waals surface area (Å²) < 4.78 is 11.1. The molecule has 0 bridgehead atoms. The molecule has 4 rings (SSSR count). The van der Waals surface area contributed by atoms with Crippen molar-refractivity contribution >= 4 is 23.2 Å². The third kappa shape index (κ3) is 4.50. The zero-order valence-corrected chi connectivity index (χ0v) is 17.2. The first kappa shape index (κ1) is 20.1. The molecule has 0 saturated carbocycles. The van der Waals surface area contributed by atoms with E-state index in [0.29, 0.717) is 37.8 Å². The van der Waals surface area contributed by atoms with Crippen molar-refractivity contribution in [2.24, 2.45) is 5.92 Å². The lowest BCUT2D eigenvalue weighted by Crippen LogP contribution is -2.34. The van der Waals surface area contributed by atoms with Crippen molar-refractivity contribution in [3.8, 4) is 11.5 Å². The van der Waals surface area contributed by atoms with Gasteiger partial charge < -0.3 is 24.6 Å². The van der Waals surface area contributed by atoms with Crippen LogP contribution in [0.25, 0.3) is 0 Å². The Hall–Kier alpha value is -3.22. The Labute approximate surface area is 176 Å². The second-order valence-corrected chi connectivity index (χ2v) is 7.64. The summed E-state index contributed by atoms with van der Waals surface area (Å²) in [5.41, 5.74) is 1.89. The van der Waals surface area contributed by atoms with E-state index in [4.69, 9.17) is 9.47 Å². The van der Waals surface area contributed by atoms with Crippen LogP contribution in [0.5, 0.6) is 11.5 Å². The maximum absolute atomic E-state index is 12.6. The average molecular weight is 409 g/mol. The van der Waals surface area contributed by atoms with Gasteiger partial charge in [-0.05, 0) is 30.7 Å². The van der Waals surface area contributed by atoms with E-state index in [9.17, 15) is 9.59 Å². The summed E-state index contributed by atoms with van der Waals surface area (Å²) in [4.78, 5) is 28.9. The molecule has 2 aromatic carbocycles. The maximum atomic E-state index is 12.6. The van der Waals surface area contributed by atoms with Crippen molar-refractivity contribution in [1.29, 1.82) is 0 Å². The quantitative estimate of drug-likeness (QED) is 0.712. The highest BCUT2D eigenvalue weighted by atomic mass is 16.6. The van der Waals surface area contributed by atoms with Gasteiger partial charge in [-0.15, -0.1) is 0 Å². The van der Waals surface area contributed by atoms with Crippen molar-refractivity contribution in [2.75, 3.05) is 49.7 Å². The summed E-state index contributed by atoms with van der Waals surface area (Å²) in [7, 11) is 2.04. The summed E-state index contributed by atoms with van der Waals surface area (Å²) in [6.45, 7) is 2.84. The number of fused-ring (bicyclic) bond motifs is 1. The van der Waals surface area contributed by atoms with Crippen molar-refractivity contribution in [1.82, 2.24) is 5.32 Å². The molecule has 2 aliphatic heterocycles. The van der Waals surface area contributed by atoms with Gasteiger partial charge in [0.15, 0.2) is 11.5 Å². The Balaban J connectivity index is 1.26. The van der Waals surface area contributed by atoms with E-state index < -0.39 is 0 Å². The van der Waals surface area contributed by atoms with E-state index in [0.717, 1.165) is 24.3 Å². The molecule has 0 unspecified atom stereocenters.